The highest BCUT2D eigenvalue weighted by Crippen LogP contribution is 2.06. The molecular weight excluding hydrogens is 184 g/mol. The van der Waals surface area contributed by atoms with Crippen molar-refractivity contribution in [3.8, 4) is 0 Å². The first-order valence-electron chi connectivity index (χ1n) is 4.42. The zero-order valence-electron chi connectivity index (χ0n) is 9.09. The van der Waals surface area contributed by atoms with Crippen LogP contribution >= 0.6 is 0 Å². The van der Waals surface area contributed by atoms with Crippen molar-refractivity contribution in [3.05, 3.63) is 7.05 Å². The second-order valence-corrected chi connectivity index (χ2v) is 3.97. The number of rotatable bonds is 2. The molecule has 0 saturated heterocycles. The van der Waals surface area contributed by atoms with Gasteiger partial charge in [-0.2, -0.15) is 0 Å². The Labute approximate surface area is 84.2 Å². The predicted octanol–water partition coefficient (Wildman–Crippen LogP) is -0.219. The topological polar surface area (TPSA) is 72.0 Å². The van der Waals surface area contributed by atoms with Gasteiger partial charge in [-0.15, -0.1) is 7.05 Å². The summed E-state index contributed by atoms with van der Waals surface area (Å²) in [6.45, 7) is 6.85. The minimum atomic E-state index is -0.597. The molecule has 5 heteroatoms. The van der Waals surface area contributed by atoms with E-state index in [4.69, 9.17) is 4.74 Å². The zero-order chi connectivity index (χ0) is 11.4. The summed E-state index contributed by atoms with van der Waals surface area (Å²) in [4.78, 5) is 22.2. The van der Waals surface area contributed by atoms with Crippen molar-refractivity contribution in [3.63, 3.8) is 0 Å². The molecule has 0 fully saturated rings. The molecular formula is C9H18N2O3. The molecule has 0 aromatic rings. The molecule has 0 bridgehead atoms. The molecule has 0 spiro atoms. The van der Waals surface area contributed by atoms with Crippen LogP contribution < -0.4 is 10.6 Å². The fraction of sp³-hybridized carbons (Fsp3) is 0.667. The molecule has 0 aliphatic rings. The van der Waals surface area contributed by atoms with E-state index in [1.165, 1.54) is 5.32 Å². The van der Waals surface area contributed by atoms with Crippen LogP contribution in [0.4, 0.5) is 4.79 Å². The molecule has 3 N–H and O–H groups in total. The second-order valence-electron chi connectivity index (χ2n) is 3.97. The molecule has 0 unspecified atom stereocenters. The van der Waals surface area contributed by atoms with E-state index in [0.717, 1.165) is 0 Å². The Hall–Kier alpha value is -1.10. The summed E-state index contributed by atoms with van der Waals surface area (Å²) in [5.41, 5.74) is -0.555. The zero-order valence-corrected chi connectivity index (χ0v) is 9.09. The summed E-state index contributed by atoms with van der Waals surface area (Å²) < 4.78 is 4.97. The standard InChI is InChI=1S/C9H18N2O3/c1-6(7(12)10-5)11-8(13)14-9(2,3)4/h6H,5,10H2,1-4H3,(H,11,13)/t6-/m1/s1. The van der Waals surface area contributed by atoms with Gasteiger partial charge in [0.15, 0.2) is 0 Å². The summed E-state index contributed by atoms with van der Waals surface area (Å²) in [7, 11) is 3.32. The lowest BCUT2D eigenvalue weighted by Crippen LogP contribution is -2.85. The third-order valence-electron chi connectivity index (χ3n) is 1.36. The van der Waals surface area contributed by atoms with Gasteiger partial charge in [-0.1, -0.05) is 0 Å². The number of amides is 2. The Morgan fingerprint density at radius 3 is 2.29 bits per heavy atom. The first kappa shape index (κ1) is 12.9. The molecule has 2 amide bonds. The molecule has 0 rings (SSSR count). The van der Waals surface area contributed by atoms with E-state index in [-0.39, 0.29) is 5.91 Å². The maximum atomic E-state index is 11.2. The number of ether oxygens (including phenoxy) is 1. The van der Waals surface area contributed by atoms with E-state index in [2.05, 4.69) is 12.4 Å². The monoisotopic (exact) mass is 202 g/mol. The van der Waals surface area contributed by atoms with E-state index in [9.17, 15) is 9.59 Å². The average molecular weight is 202 g/mol. The lowest BCUT2D eigenvalue weighted by atomic mass is 10.2. The number of primary amides is 1. The lowest BCUT2D eigenvalue weighted by molar-refractivity contribution is -0.508. The first-order chi connectivity index (χ1) is 6.26. The van der Waals surface area contributed by atoms with Crippen LogP contribution in [-0.4, -0.2) is 23.6 Å². The van der Waals surface area contributed by atoms with Crippen LogP contribution in [0.15, 0.2) is 0 Å². The summed E-state index contributed by atoms with van der Waals surface area (Å²) >= 11 is 0. The van der Waals surface area contributed by atoms with Crippen molar-refractivity contribution in [1.82, 2.24) is 5.32 Å². The Morgan fingerprint density at radius 1 is 1.43 bits per heavy atom. The van der Waals surface area contributed by atoms with Crippen LogP contribution in [0, 0.1) is 7.05 Å². The highest BCUT2D eigenvalue weighted by molar-refractivity contribution is 5.78. The van der Waals surface area contributed by atoms with Gasteiger partial charge in [0.25, 0.3) is 0 Å². The fourth-order valence-electron chi connectivity index (χ4n) is 0.732. The molecule has 0 aliphatic heterocycles. The Balaban J connectivity index is 4.01. The fourth-order valence-corrected chi connectivity index (χ4v) is 0.732. The van der Waals surface area contributed by atoms with E-state index >= 15 is 0 Å². The molecule has 0 aromatic carbocycles. The van der Waals surface area contributed by atoms with Crippen molar-refractivity contribution >= 4 is 12.0 Å². The summed E-state index contributed by atoms with van der Waals surface area (Å²) in [6, 6.07) is -0.595. The number of carbonyl (C=O) groups excluding carboxylic acids is 2. The molecule has 1 atom stereocenters. The van der Waals surface area contributed by atoms with Gasteiger partial charge in [0, 0.05) is 0 Å². The largest absolute Gasteiger partial charge is 0.444 e. The summed E-state index contributed by atoms with van der Waals surface area (Å²) in [6.07, 6.45) is -0.597. The molecule has 0 saturated carbocycles. The maximum Gasteiger partial charge on any atom is 0.408 e. The third kappa shape index (κ3) is 5.53. The van der Waals surface area contributed by atoms with Gasteiger partial charge in [-0.25, -0.2) is 9.59 Å². The SMILES string of the molecule is [CH2-][NH2+]C(=O)[C@@H](C)NC(=O)OC(C)(C)C. The van der Waals surface area contributed by atoms with Gasteiger partial charge in [-0.05, 0) is 27.7 Å². The van der Waals surface area contributed by atoms with Crippen LogP contribution in [0.25, 0.3) is 0 Å². The van der Waals surface area contributed by atoms with Gasteiger partial charge >= 0.3 is 12.0 Å². The van der Waals surface area contributed by atoms with Crippen molar-refractivity contribution < 1.29 is 19.6 Å². The summed E-state index contributed by atoms with van der Waals surface area (Å²) in [5.74, 6) is -0.240. The number of nitrogens with two attached hydrogens (primary N) is 1. The Bertz CT molecular complexity index is 221. The number of nitrogens with one attached hydrogen (secondary N) is 1. The molecule has 0 aliphatic carbocycles. The predicted molar refractivity (Wildman–Crippen MR) is 51.1 cm³/mol. The molecule has 82 valence electrons. The quantitative estimate of drug-likeness (QED) is 0.608. The van der Waals surface area contributed by atoms with Gasteiger partial charge < -0.3 is 15.4 Å². The number of alkyl carbamates (subject to hydrolysis) is 1. The minimum Gasteiger partial charge on any atom is -0.444 e. The van der Waals surface area contributed by atoms with E-state index in [1.807, 2.05) is 0 Å². The normalized spacial score (nSPS) is 13.2. The number of hydrogen-bond acceptors (Lipinski definition) is 3. The number of quaternary nitrogens is 1. The van der Waals surface area contributed by atoms with Gasteiger partial charge in [0.05, 0.1) is 0 Å². The average Bonchev–Trinajstić information content (AvgIpc) is 1.99. The van der Waals surface area contributed by atoms with Gasteiger partial charge in [-0.3, -0.25) is 0 Å². The van der Waals surface area contributed by atoms with Crippen LogP contribution in [0.5, 0.6) is 0 Å². The van der Waals surface area contributed by atoms with Crippen LogP contribution in [-0.2, 0) is 9.53 Å². The molecule has 14 heavy (non-hydrogen) atoms. The highest BCUT2D eigenvalue weighted by atomic mass is 16.6. The van der Waals surface area contributed by atoms with Crippen molar-refractivity contribution in [1.29, 1.82) is 0 Å². The minimum absolute atomic E-state index is 0.240. The maximum absolute atomic E-state index is 11.2. The molecule has 5 nitrogen and oxygen atoms in total. The molecule has 0 aromatic heterocycles. The molecule has 0 heterocycles. The van der Waals surface area contributed by atoms with E-state index in [1.54, 1.807) is 27.7 Å². The van der Waals surface area contributed by atoms with Crippen LogP contribution in [0.2, 0.25) is 0 Å². The van der Waals surface area contributed by atoms with Crippen molar-refractivity contribution in [2.24, 2.45) is 0 Å². The summed E-state index contributed by atoms with van der Waals surface area (Å²) in [5, 5.41) is 3.57. The lowest BCUT2D eigenvalue weighted by Gasteiger charge is -2.21. The Morgan fingerprint density at radius 2 is 1.93 bits per heavy atom. The molecule has 0 radical (unpaired) electrons. The van der Waals surface area contributed by atoms with Crippen molar-refractivity contribution in [2.75, 3.05) is 0 Å². The van der Waals surface area contributed by atoms with E-state index < -0.39 is 17.7 Å². The van der Waals surface area contributed by atoms with Gasteiger partial charge in [0.2, 0.25) is 0 Å². The van der Waals surface area contributed by atoms with Crippen LogP contribution in [0.1, 0.15) is 27.7 Å². The third-order valence-corrected chi connectivity index (χ3v) is 1.36. The highest BCUT2D eigenvalue weighted by Gasteiger charge is 2.20. The smallest absolute Gasteiger partial charge is 0.408 e. The van der Waals surface area contributed by atoms with E-state index in [0.29, 0.717) is 0 Å². The number of carbonyl (C=O) groups is 2. The van der Waals surface area contributed by atoms with Gasteiger partial charge in [0.1, 0.15) is 11.6 Å². The number of hydrogen-bond donors (Lipinski definition) is 2. The Kier molecular flexibility index (Phi) is 4.56. The van der Waals surface area contributed by atoms with Crippen LogP contribution in [0.3, 0.4) is 0 Å². The first-order valence-corrected chi connectivity index (χ1v) is 4.42. The second kappa shape index (κ2) is 4.95. The van der Waals surface area contributed by atoms with Crippen molar-refractivity contribution in [2.45, 2.75) is 39.3 Å².